The summed E-state index contributed by atoms with van der Waals surface area (Å²) in [7, 11) is 0. The predicted molar refractivity (Wildman–Crippen MR) is 75.0 cm³/mol. The highest BCUT2D eigenvalue weighted by Crippen LogP contribution is 2.36. The van der Waals surface area contributed by atoms with Crippen LogP contribution in [0.3, 0.4) is 0 Å². The molecule has 1 atom stereocenters. The van der Waals surface area contributed by atoms with Crippen LogP contribution >= 0.6 is 11.3 Å². The molecule has 2 aromatic rings. The summed E-state index contributed by atoms with van der Waals surface area (Å²) in [6.07, 6.45) is 0.673. The third-order valence-corrected chi connectivity index (χ3v) is 4.29. The Labute approximate surface area is 116 Å². The van der Waals surface area contributed by atoms with E-state index in [-0.39, 0.29) is 0 Å². The fourth-order valence-corrected chi connectivity index (χ4v) is 3.03. The molecule has 1 aromatic carbocycles. The first-order chi connectivity index (χ1) is 9.34. The van der Waals surface area contributed by atoms with Crippen molar-refractivity contribution in [2.45, 2.75) is 18.5 Å². The molecule has 0 fully saturated rings. The molecule has 19 heavy (non-hydrogen) atoms. The first kappa shape index (κ1) is 12.2. The van der Waals surface area contributed by atoms with Crippen molar-refractivity contribution in [2.24, 2.45) is 0 Å². The van der Waals surface area contributed by atoms with Gasteiger partial charge in [0, 0.05) is 23.4 Å². The fourth-order valence-electron chi connectivity index (χ4n) is 2.38. The van der Waals surface area contributed by atoms with E-state index in [1.807, 2.05) is 35.7 Å². The summed E-state index contributed by atoms with van der Waals surface area (Å²) in [5.41, 5.74) is 0.305. The number of hydrogen-bond acceptors (Lipinski definition) is 4. The van der Waals surface area contributed by atoms with Gasteiger partial charge in [-0.2, -0.15) is 5.26 Å². The molecule has 96 valence electrons. The van der Waals surface area contributed by atoms with E-state index in [1.165, 1.54) is 4.88 Å². The second-order valence-electron chi connectivity index (χ2n) is 4.54. The van der Waals surface area contributed by atoms with Crippen LogP contribution in [0.25, 0.3) is 0 Å². The van der Waals surface area contributed by atoms with Gasteiger partial charge >= 0.3 is 0 Å². The Morgan fingerprint density at radius 2 is 2.21 bits per heavy atom. The smallest absolute Gasteiger partial charge is 0.139 e. The lowest BCUT2D eigenvalue weighted by Crippen LogP contribution is -2.44. The van der Waals surface area contributed by atoms with Crippen LogP contribution < -0.4 is 10.1 Å². The summed E-state index contributed by atoms with van der Waals surface area (Å²) in [5, 5.41) is 15.1. The maximum Gasteiger partial charge on any atom is 0.139 e. The molecule has 2 heterocycles. The van der Waals surface area contributed by atoms with Gasteiger partial charge in [0.05, 0.1) is 12.7 Å². The van der Waals surface area contributed by atoms with E-state index < -0.39 is 5.54 Å². The van der Waals surface area contributed by atoms with E-state index in [9.17, 15) is 5.26 Å². The molecule has 0 amide bonds. The molecule has 3 nitrogen and oxygen atoms in total. The number of ether oxygens (including phenoxy) is 1. The molecule has 1 unspecified atom stereocenters. The average molecular weight is 270 g/mol. The SMILES string of the molecule is N#CC1(NCc2cccs2)CCOc2ccccc21. The van der Waals surface area contributed by atoms with E-state index in [1.54, 1.807) is 11.3 Å². The molecule has 0 radical (unpaired) electrons. The lowest BCUT2D eigenvalue weighted by molar-refractivity contribution is 0.219. The van der Waals surface area contributed by atoms with E-state index in [0.29, 0.717) is 19.6 Å². The highest BCUT2D eigenvalue weighted by Gasteiger charge is 2.37. The van der Waals surface area contributed by atoms with Gasteiger partial charge in [-0.05, 0) is 17.5 Å². The van der Waals surface area contributed by atoms with Gasteiger partial charge in [-0.15, -0.1) is 11.3 Å². The quantitative estimate of drug-likeness (QED) is 0.932. The highest BCUT2D eigenvalue weighted by atomic mass is 32.1. The van der Waals surface area contributed by atoms with Gasteiger partial charge in [0.15, 0.2) is 0 Å². The lowest BCUT2D eigenvalue weighted by Gasteiger charge is -2.33. The second kappa shape index (κ2) is 5.04. The third kappa shape index (κ3) is 2.23. The van der Waals surface area contributed by atoms with Gasteiger partial charge in [0.1, 0.15) is 11.3 Å². The number of para-hydroxylation sites is 1. The van der Waals surface area contributed by atoms with Crippen LogP contribution in [-0.2, 0) is 12.1 Å². The Morgan fingerprint density at radius 3 is 3.00 bits per heavy atom. The molecular formula is C15H14N2OS. The number of fused-ring (bicyclic) bond motifs is 1. The van der Waals surface area contributed by atoms with Crippen molar-refractivity contribution in [1.82, 2.24) is 5.32 Å². The normalized spacial score (nSPS) is 21.2. The van der Waals surface area contributed by atoms with E-state index in [4.69, 9.17) is 4.74 Å². The third-order valence-electron chi connectivity index (χ3n) is 3.42. The molecular weight excluding hydrogens is 256 g/mol. The zero-order chi connectivity index (χ0) is 13.1. The summed E-state index contributed by atoms with van der Waals surface area (Å²) >= 11 is 1.70. The first-order valence-corrected chi connectivity index (χ1v) is 7.13. The Morgan fingerprint density at radius 1 is 1.32 bits per heavy atom. The van der Waals surface area contributed by atoms with E-state index in [0.717, 1.165) is 11.3 Å². The van der Waals surface area contributed by atoms with Crippen LogP contribution in [0.4, 0.5) is 0 Å². The van der Waals surface area contributed by atoms with Crippen molar-refractivity contribution in [3.05, 3.63) is 52.2 Å². The summed E-state index contributed by atoms with van der Waals surface area (Å²) < 4.78 is 5.63. The van der Waals surface area contributed by atoms with Gasteiger partial charge in [-0.3, -0.25) is 5.32 Å². The molecule has 1 N–H and O–H groups in total. The minimum atomic E-state index is -0.640. The van der Waals surface area contributed by atoms with Gasteiger partial charge in [-0.1, -0.05) is 24.3 Å². The van der Waals surface area contributed by atoms with Crippen LogP contribution in [-0.4, -0.2) is 6.61 Å². The largest absolute Gasteiger partial charge is 0.493 e. The Hall–Kier alpha value is -1.83. The topological polar surface area (TPSA) is 45.0 Å². The molecule has 0 aliphatic carbocycles. The number of rotatable bonds is 3. The van der Waals surface area contributed by atoms with E-state index in [2.05, 4.69) is 17.5 Å². The van der Waals surface area contributed by atoms with Crippen LogP contribution in [0, 0.1) is 11.3 Å². The monoisotopic (exact) mass is 270 g/mol. The number of nitrogens with one attached hydrogen (secondary N) is 1. The van der Waals surface area contributed by atoms with Crippen LogP contribution in [0.5, 0.6) is 5.75 Å². The molecule has 0 saturated heterocycles. The van der Waals surface area contributed by atoms with Gasteiger partial charge < -0.3 is 4.74 Å². The van der Waals surface area contributed by atoms with Crippen molar-refractivity contribution < 1.29 is 4.74 Å². The molecule has 1 aliphatic heterocycles. The maximum atomic E-state index is 9.65. The number of benzene rings is 1. The predicted octanol–water partition coefficient (Wildman–Crippen LogP) is 3.04. The summed E-state index contributed by atoms with van der Waals surface area (Å²) in [5.74, 6) is 0.814. The Bertz CT molecular complexity index is 603. The Balaban J connectivity index is 1.90. The summed E-state index contributed by atoms with van der Waals surface area (Å²) in [6, 6.07) is 14.3. The van der Waals surface area contributed by atoms with Gasteiger partial charge in [-0.25, -0.2) is 0 Å². The zero-order valence-corrected chi connectivity index (χ0v) is 11.2. The second-order valence-corrected chi connectivity index (χ2v) is 5.58. The molecule has 1 aromatic heterocycles. The van der Waals surface area contributed by atoms with Crippen molar-refractivity contribution in [2.75, 3.05) is 6.61 Å². The van der Waals surface area contributed by atoms with Crippen molar-refractivity contribution in [3.8, 4) is 11.8 Å². The fraction of sp³-hybridized carbons (Fsp3) is 0.267. The first-order valence-electron chi connectivity index (χ1n) is 6.25. The van der Waals surface area contributed by atoms with E-state index >= 15 is 0 Å². The summed E-state index contributed by atoms with van der Waals surface area (Å²) in [6.45, 7) is 1.28. The molecule has 0 bridgehead atoms. The van der Waals surface area contributed by atoms with Gasteiger partial charge in [0.2, 0.25) is 0 Å². The van der Waals surface area contributed by atoms with Crippen molar-refractivity contribution in [3.63, 3.8) is 0 Å². The standard InChI is InChI=1S/C15H14N2OS/c16-11-15(17-10-12-4-3-9-19-12)7-8-18-14-6-2-1-5-13(14)15/h1-6,9,17H,7-8,10H2. The lowest BCUT2D eigenvalue weighted by atomic mass is 9.86. The van der Waals surface area contributed by atoms with Crippen LogP contribution in [0.2, 0.25) is 0 Å². The molecule has 4 heteroatoms. The molecule has 0 spiro atoms. The average Bonchev–Trinajstić information content (AvgIpc) is 2.98. The molecule has 3 rings (SSSR count). The van der Waals surface area contributed by atoms with Gasteiger partial charge in [0.25, 0.3) is 0 Å². The van der Waals surface area contributed by atoms with Crippen molar-refractivity contribution >= 4 is 11.3 Å². The number of hydrogen-bond donors (Lipinski definition) is 1. The minimum absolute atomic E-state index is 0.571. The Kier molecular flexibility index (Phi) is 3.24. The minimum Gasteiger partial charge on any atom is -0.493 e. The van der Waals surface area contributed by atoms with Crippen LogP contribution in [0.1, 0.15) is 16.9 Å². The molecule has 0 saturated carbocycles. The zero-order valence-electron chi connectivity index (χ0n) is 10.4. The number of nitrogens with zero attached hydrogens (tertiary/aromatic N) is 1. The summed E-state index contributed by atoms with van der Waals surface area (Å²) in [4.78, 5) is 1.23. The maximum absolute atomic E-state index is 9.65. The highest BCUT2D eigenvalue weighted by molar-refractivity contribution is 7.09. The number of nitriles is 1. The molecule has 1 aliphatic rings. The van der Waals surface area contributed by atoms with Crippen LogP contribution in [0.15, 0.2) is 41.8 Å². The van der Waals surface area contributed by atoms with Crippen molar-refractivity contribution in [1.29, 1.82) is 5.26 Å². The number of thiophene rings is 1.